The summed E-state index contributed by atoms with van der Waals surface area (Å²) in [6, 6.07) is 2.22. The molecule has 0 saturated carbocycles. The fourth-order valence-electron chi connectivity index (χ4n) is 1.19. The molecule has 2 nitrogen and oxygen atoms in total. The normalized spacial score (nSPS) is 9.21. The lowest BCUT2D eigenvalue weighted by Crippen LogP contribution is -2.08. The Kier molecular flexibility index (Phi) is 7.03. The van der Waals surface area contributed by atoms with Gasteiger partial charge < -0.3 is 5.32 Å². The van der Waals surface area contributed by atoms with Gasteiger partial charge in [0, 0.05) is 18.4 Å². The van der Waals surface area contributed by atoms with E-state index in [4.69, 9.17) is 0 Å². The number of nitrogens with one attached hydrogen (secondary N) is 1. The van der Waals surface area contributed by atoms with Gasteiger partial charge in [-0.2, -0.15) is 0 Å². The quantitative estimate of drug-likeness (QED) is 0.800. The third kappa shape index (κ3) is 3.88. The Morgan fingerprint density at radius 3 is 2.50 bits per heavy atom. The molecular weight excluding hydrogens is 172 g/mol. The lowest BCUT2D eigenvalue weighted by Gasteiger charge is -2.05. The van der Waals surface area contributed by atoms with Crippen LogP contribution in [0.2, 0.25) is 0 Å². The highest BCUT2D eigenvalue weighted by Gasteiger charge is 1.98. The molecule has 0 atom stereocenters. The average Bonchev–Trinajstić information content (AvgIpc) is 2.24. The minimum absolute atomic E-state index is 0.909. The van der Waals surface area contributed by atoms with Crippen LogP contribution in [0, 0.1) is 6.92 Å². The summed E-state index contributed by atoms with van der Waals surface area (Å²) in [5.41, 5.74) is 3.74. The second-order valence-corrected chi connectivity index (χ2v) is 2.97. The first-order valence-corrected chi connectivity index (χ1v) is 5.37. The SMILES string of the molecule is CC.CCc1cnc(C)c(CNC)c1. The molecule has 1 aromatic heterocycles. The molecule has 1 heterocycles. The van der Waals surface area contributed by atoms with Crippen molar-refractivity contribution in [2.75, 3.05) is 7.05 Å². The van der Waals surface area contributed by atoms with Crippen LogP contribution in [0.1, 0.15) is 37.6 Å². The van der Waals surface area contributed by atoms with Gasteiger partial charge in [-0.1, -0.05) is 26.8 Å². The zero-order valence-corrected chi connectivity index (χ0v) is 10.0. The van der Waals surface area contributed by atoms with E-state index in [0.29, 0.717) is 0 Å². The fraction of sp³-hybridized carbons (Fsp3) is 0.583. The molecule has 0 saturated heterocycles. The number of hydrogen-bond acceptors (Lipinski definition) is 2. The second-order valence-electron chi connectivity index (χ2n) is 2.97. The largest absolute Gasteiger partial charge is 0.316 e. The topological polar surface area (TPSA) is 24.9 Å². The van der Waals surface area contributed by atoms with Gasteiger partial charge in [-0.25, -0.2) is 0 Å². The van der Waals surface area contributed by atoms with E-state index in [0.717, 1.165) is 18.7 Å². The molecule has 0 aromatic carbocycles. The van der Waals surface area contributed by atoms with Gasteiger partial charge in [-0.3, -0.25) is 4.98 Å². The molecule has 1 rings (SSSR count). The average molecular weight is 194 g/mol. The van der Waals surface area contributed by atoms with E-state index < -0.39 is 0 Å². The summed E-state index contributed by atoms with van der Waals surface area (Å²) in [6.07, 6.45) is 3.01. The highest BCUT2D eigenvalue weighted by atomic mass is 14.8. The summed E-state index contributed by atoms with van der Waals surface area (Å²) in [6.45, 7) is 9.11. The number of hydrogen-bond donors (Lipinski definition) is 1. The van der Waals surface area contributed by atoms with Crippen LogP contribution in [0.5, 0.6) is 0 Å². The van der Waals surface area contributed by atoms with Gasteiger partial charge in [0.25, 0.3) is 0 Å². The second kappa shape index (κ2) is 7.51. The molecule has 14 heavy (non-hydrogen) atoms. The van der Waals surface area contributed by atoms with Gasteiger partial charge in [-0.15, -0.1) is 0 Å². The lowest BCUT2D eigenvalue weighted by atomic mass is 10.1. The molecule has 80 valence electrons. The zero-order valence-electron chi connectivity index (χ0n) is 10.0. The van der Waals surface area contributed by atoms with Crippen LogP contribution >= 0.6 is 0 Å². The molecular formula is C12H22N2. The molecule has 2 heteroatoms. The van der Waals surface area contributed by atoms with Gasteiger partial charge in [-0.05, 0) is 31.5 Å². The molecule has 0 fully saturated rings. The molecule has 0 aliphatic heterocycles. The minimum atomic E-state index is 0.909. The van der Waals surface area contributed by atoms with Crippen molar-refractivity contribution >= 4 is 0 Å². The number of aryl methyl sites for hydroxylation is 2. The Morgan fingerprint density at radius 2 is 2.00 bits per heavy atom. The zero-order chi connectivity index (χ0) is 11.0. The predicted molar refractivity (Wildman–Crippen MR) is 62.5 cm³/mol. The maximum Gasteiger partial charge on any atom is 0.0417 e. The van der Waals surface area contributed by atoms with Crippen LogP contribution in [0.3, 0.4) is 0 Å². The van der Waals surface area contributed by atoms with Crippen LogP contribution in [0.4, 0.5) is 0 Å². The third-order valence-corrected chi connectivity index (χ3v) is 2.02. The van der Waals surface area contributed by atoms with E-state index >= 15 is 0 Å². The first-order chi connectivity index (χ1) is 6.77. The van der Waals surface area contributed by atoms with E-state index in [-0.39, 0.29) is 0 Å². The third-order valence-electron chi connectivity index (χ3n) is 2.02. The number of pyridine rings is 1. The monoisotopic (exact) mass is 194 g/mol. The van der Waals surface area contributed by atoms with Crippen LogP contribution in [0.15, 0.2) is 12.3 Å². The highest BCUT2D eigenvalue weighted by Crippen LogP contribution is 2.07. The van der Waals surface area contributed by atoms with Crippen molar-refractivity contribution in [3.05, 3.63) is 29.1 Å². The van der Waals surface area contributed by atoms with Crippen LogP contribution in [-0.2, 0) is 13.0 Å². The number of nitrogens with zero attached hydrogens (tertiary/aromatic N) is 1. The van der Waals surface area contributed by atoms with Crippen molar-refractivity contribution in [3.63, 3.8) is 0 Å². The van der Waals surface area contributed by atoms with Gasteiger partial charge in [0.15, 0.2) is 0 Å². The van der Waals surface area contributed by atoms with Crippen LogP contribution in [0.25, 0.3) is 0 Å². The van der Waals surface area contributed by atoms with Gasteiger partial charge in [0.1, 0.15) is 0 Å². The van der Waals surface area contributed by atoms with Crippen molar-refractivity contribution in [3.8, 4) is 0 Å². The van der Waals surface area contributed by atoms with Crippen LogP contribution < -0.4 is 5.32 Å². The lowest BCUT2D eigenvalue weighted by molar-refractivity contribution is 0.801. The molecule has 0 amide bonds. The summed E-state index contributed by atoms with van der Waals surface area (Å²) in [7, 11) is 1.96. The maximum atomic E-state index is 4.33. The van der Waals surface area contributed by atoms with Crippen molar-refractivity contribution in [1.82, 2.24) is 10.3 Å². The molecule has 1 aromatic rings. The van der Waals surface area contributed by atoms with Crippen molar-refractivity contribution in [2.24, 2.45) is 0 Å². The molecule has 0 spiro atoms. The van der Waals surface area contributed by atoms with Crippen molar-refractivity contribution in [1.29, 1.82) is 0 Å². The van der Waals surface area contributed by atoms with Gasteiger partial charge in [0.05, 0.1) is 0 Å². The van der Waals surface area contributed by atoms with Crippen molar-refractivity contribution in [2.45, 2.75) is 40.7 Å². The standard InChI is InChI=1S/C10H16N2.C2H6/c1-4-9-5-10(7-11-3)8(2)12-6-9;1-2/h5-6,11H,4,7H2,1-3H3;1-2H3. The molecule has 0 bridgehead atoms. The van der Waals surface area contributed by atoms with E-state index in [1.165, 1.54) is 11.1 Å². The number of aromatic nitrogens is 1. The molecule has 0 unspecified atom stereocenters. The van der Waals surface area contributed by atoms with Crippen LogP contribution in [-0.4, -0.2) is 12.0 Å². The molecule has 0 radical (unpaired) electrons. The van der Waals surface area contributed by atoms with Gasteiger partial charge in [0.2, 0.25) is 0 Å². The summed E-state index contributed by atoms with van der Waals surface area (Å²) in [5, 5.41) is 3.14. The Bertz CT molecular complexity index is 256. The molecule has 1 N–H and O–H groups in total. The Hall–Kier alpha value is -0.890. The Labute approximate surface area is 87.8 Å². The summed E-state index contributed by atoms with van der Waals surface area (Å²) >= 11 is 0. The van der Waals surface area contributed by atoms with E-state index in [1.807, 2.05) is 34.0 Å². The Balaban J connectivity index is 0.000000791. The fourth-order valence-corrected chi connectivity index (χ4v) is 1.19. The predicted octanol–water partition coefficient (Wildman–Crippen LogP) is 2.70. The summed E-state index contributed by atoms with van der Waals surface area (Å²) in [4.78, 5) is 4.33. The van der Waals surface area contributed by atoms with Gasteiger partial charge >= 0.3 is 0 Å². The van der Waals surface area contributed by atoms with E-state index in [9.17, 15) is 0 Å². The highest BCUT2D eigenvalue weighted by molar-refractivity contribution is 5.24. The summed E-state index contributed by atoms with van der Waals surface area (Å²) < 4.78 is 0. The van der Waals surface area contributed by atoms with Crippen molar-refractivity contribution < 1.29 is 0 Å². The first kappa shape index (κ1) is 13.1. The smallest absolute Gasteiger partial charge is 0.0417 e. The molecule has 0 aliphatic rings. The summed E-state index contributed by atoms with van der Waals surface area (Å²) in [5.74, 6) is 0. The first-order valence-electron chi connectivity index (χ1n) is 5.37. The molecule has 0 aliphatic carbocycles. The minimum Gasteiger partial charge on any atom is -0.316 e. The number of rotatable bonds is 3. The van der Waals surface area contributed by atoms with E-state index in [1.54, 1.807) is 0 Å². The van der Waals surface area contributed by atoms with E-state index in [2.05, 4.69) is 23.3 Å². The maximum absolute atomic E-state index is 4.33. The Morgan fingerprint density at radius 1 is 1.36 bits per heavy atom.